The molecule has 4 nitrogen and oxygen atoms in total. The smallest absolute Gasteiger partial charge is 0.0872 e. The van der Waals surface area contributed by atoms with Crippen molar-refractivity contribution in [3.8, 4) is 0 Å². The van der Waals surface area contributed by atoms with Crippen molar-refractivity contribution in [2.45, 2.75) is 6.04 Å². The topological polar surface area (TPSA) is 66.2 Å². The molecule has 0 saturated heterocycles. The van der Waals surface area contributed by atoms with Crippen LogP contribution in [0.25, 0.3) is 0 Å². The van der Waals surface area contributed by atoms with Gasteiger partial charge in [0.25, 0.3) is 0 Å². The highest BCUT2D eigenvalue weighted by molar-refractivity contribution is 7.99. The van der Waals surface area contributed by atoms with Crippen molar-refractivity contribution in [2.75, 3.05) is 39.2 Å². The Morgan fingerprint density at radius 3 is 2.46 bits per heavy atom. The third-order valence-corrected chi connectivity index (χ3v) is 2.57. The molecule has 0 fully saturated rings. The Morgan fingerprint density at radius 1 is 1.54 bits per heavy atom. The Morgan fingerprint density at radius 2 is 2.08 bits per heavy atom. The normalized spacial score (nSPS) is 14.2. The van der Waals surface area contributed by atoms with Crippen molar-refractivity contribution in [3.63, 3.8) is 0 Å². The van der Waals surface area contributed by atoms with Crippen molar-refractivity contribution < 1.29 is 14.4 Å². The molecule has 0 unspecified atom stereocenters. The molecule has 5 heteroatoms. The molecule has 78 valence electrons. The van der Waals surface area contributed by atoms with Gasteiger partial charge in [-0.05, 0) is 0 Å². The second-order valence-electron chi connectivity index (χ2n) is 4.01. The number of carboxylic acids is 1. The molecule has 0 spiro atoms. The molecule has 0 aliphatic carbocycles. The van der Waals surface area contributed by atoms with Gasteiger partial charge in [-0.2, -0.15) is 11.8 Å². The molecular weight excluding hydrogens is 188 g/mol. The molecular formula is C8H18N2O2S. The number of aliphatic carboxylic acids is 1. The van der Waals surface area contributed by atoms with Crippen LogP contribution in [-0.4, -0.2) is 55.7 Å². The van der Waals surface area contributed by atoms with Gasteiger partial charge >= 0.3 is 0 Å². The van der Waals surface area contributed by atoms with E-state index < -0.39 is 12.0 Å². The Labute approximate surface area is 83.7 Å². The third kappa shape index (κ3) is 8.08. The summed E-state index contributed by atoms with van der Waals surface area (Å²) in [4.78, 5) is 10.2. The summed E-state index contributed by atoms with van der Waals surface area (Å²) < 4.78 is 0.882. The van der Waals surface area contributed by atoms with Gasteiger partial charge < -0.3 is 20.1 Å². The van der Waals surface area contributed by atoms with Crippen LogP contribution in [-0.2, 0) is 4.79 Å². The number of nitrogens with two attached hydrogens (primary N) is 1. The van der Waals surface area contributed by atoms with Gasteiger partial charge in [0.05, 0.1) is 39.7 Å². The number of carboxylic acid groups (broad SMARTS) is 1. The van der Waals surface area contributed by atoms with Crippen LogP contribution < -0.4 is 10.8 Å². The summed E-state index contributed by atoms with van der Waals surface area (Å²) in [6, 6.07) is -0.836. The highest BCUT2D eigenvalue weighted by Gasteiger charge is 2.07. The minimum absolute atomic E-state index is 0.433. The molecule has 0 amide bonds. The SMILES string of the molecule is C[N+](C)(C)CCSC[C@H](N)C(=O)[O-]. The molecule has 0 aliphatic heterocycles. The summed E-state index contributed by atoms with van der Waals surface area (Å²) in [6.07, 6.45) is 0. The zero-order valence-corrected chi connectivity index (χ0v) is 9.26. The van der Waals surface area contributed by atoms with E-state index in [2.05, 4.69) is 21.1 Å². The van der Waals surface area contributed by atoms with Gasteiger partial charge in [-0.25, -0.2) is 0 Å². The second kappa shape index (κ2) is 5.47. The lowest BCUT2D eigenvalue weighted by molar-refractivity contribution is -0.867. The molecule has 0 aromatic carbocycles. The number of quaternary nitrogens is 1. The maximum atomic E-state index is 10.2. The quantitative estimate of drug-likeness (QED) is 0.424. The van der Waals surface area contributed by atoms with Crippen molar-refractivity contribution in [1.29, 1.82) is 0 Å². The lowest BCUT2D eigenvalue weighted by Gasteiger charge is -2.23. The van der Waals surface area contributed by atoms with Crippen LogP contribution in [0.4, 0.5) is 0 Å². The van der Waals surface area contributed by atoms with Crippen molar-refractivity contribution in [2.24, 2.45) is 5.73 Å². The summed E-state index contributed by atoms with van der Waals surface area (Å²) in [5, 5.41) is 10.2. The van der Waals surface area contributed by atoms with Gasteiger partial charge in [-0.3, -0.25) is 0 Å². The molecule has 2 N–H and O–H groups in total. The number of carbonyl (C=O) groups is 1. The van der Waals surface area contributed by atoms with Gasteiger partial charge in [0, 0.05) is 11.5 Å². The standard InChI is InChI=1S/C8H18N2O2S/c1-10(2,3)4-5-13-6-7(9)8(11)12/h7H,4-6,9H2,1-3H3/t7-/m0/s1. The number of hydrogen-bond donors (Lipinski definition) is 1. The van der Waals surface area contributed by atoms with Gasteiger partial charge in [-0.15, -0.1) is 0 Å². The van der Waals surface area contributed by atoms with E-state index in [-0.39, 0.29) is 0 Å². The Kier molecular flexibility index (Phi) is 5.36. The largest absolute Gasteiger partial charge is 0.548 e. The third-order valence-electron chi connectivity index (χ3n) is 1.51. The van der Waals surface area contributed by atoms with Gasteiger partial charge in [-0.1, -0.05) is 0 Å². The van der Waals surface area contributed by atoms with E-state index in [0.29, 0.717) is 5.75 Å². The monoisotopic (exact) mass is 206 g/mol. The number of hydrogen-bond acceptors (Lipinski definition) is 4. The molecule has 0 saturated carbocycles. The first-order chi connectivity index (χ1) is 5.83. The first kappa shape index (κ1) is 12.7. The fourth-order valence-electron chi connectivity index (χ4n) is 0.617. The predicted octanol–water partition coefficient (Wildman–Crippen LogP) is -1.50. The number of nitrogens with zero attached hydrogens (tertiary/aromatic N) is 1. The summed E-state index contributed by atoms with van der Waals surface area (Å²) in [5.74, 6) is 0.185. The molecule has 0 bridgehead atoms. The van der Waals surface area contributed by atoms with Crippen LogP contribution in [0, 0.1) is 0 Å². The first-order valence-electron chi connectivity index (χ1n) is 4.17. The Hall–Kier alpha value is -0.260. The molecule has 0 rings (SSSR count). The first-order valence-corrected chi connectivity index (χ1v) is 5.33. The predicted molar refractivity (Wildman–Crippen MR) is 53.2 cm³/mol. The maximum absolute atomic E-state index is 10.2. The minimum atomic E-state index is -1.17. The van der Waals surface area contributed by atoms with E-state index in [1.807, 2.05) is 0 Å². The Bertz CT molecular complexity index is 168. The van der Waals surface area contributed by atoms with Crippen LogP contribution in [0.2, 0.25) is 0 Å². The van der Waals surface area contributed by atoms with Gasteiger partial charge in [0.1, 0.15) is 0 Å². The second-order valence-corrected chi connectivity index (χ2v) is 5.16. The summed E-state index contributed by atoms with van der Waals surface area (Å²) in [7, 11) is 6.29. The lowest BCUT2D eigenvalue weighted by atomic mass is 10.4. The van der Waals surface area contributed by atoms with E-state index in [1.54, 1.807) is 11.8 Å². The fourth-order valence-corrected chi connectivity index (χ4v) is 1.85. The zero-order valence-electron chi connectivity index (χ0n) is 8.45. The van der Waals surface area contributed by atoms with Crippen molar-refractivity contribution >= 4 is 17.7 Å². The minimum Gasteiger partial charge on any atom is -0.548 e. The summed E-state index contributed by atoms with van der Waals surface area (Å²) in [6.45, 7) is 1.00. The fraction of sp³-hybridized carbons (Fsp3) is 0.875. The van der Waals surface area contributed by atoms with E-state index in [9.17, 15) is 9.90 Å². The van der Waals surface area contributed by atoms with Crippen LogP contribution in [0.1, 0.15) is 0 Å². The van der Waals surface area contributed by atoms with Gasteiger partial charge in [0.2, 0.25) is 0 Å². The van der Waals surface area contributed by atoms with E-state index in [4.69, 9.17) is 5.73 Å². The molecule has 0 radical (unpaired) electrons. The maximum Gasteiger partial charge on any atom is 0.0872 e. The zero-order chi connectivity index (χ0) is 10.5. The van der Waals surface area contributed by atoms with E-state index in [0.717, 1.165) is 16.8 Å². The molecule has 1 atom stereocenters. The van der Waals surface area contributed by atoms with Crippen LogP contribution in [0.3, 0.4) is 0 Å². The van der Waals surface area contributed by atoms with E-state index in [1.165, 1.54) is 0 Å². The van der Waals surface area contributed by atoms with Crippen LogP contribution in [0.15, 0.2) is 0 Å². The van der Waals surface area contributed by atoms with Crippen molar-refractivity contribution in [1.82, 2.24) is 0 Å². The number of thioether (sulfide) groups is 1. The summed E-state index contributed by atoms with van der Waals surface area (Å²) >= 11 is 1.56. The molecule has 0 aliphatic rings. The number of rotatable bonds is 6. The Balaban J connectivity index is 3.41. The molecule has 13 heavy (non-hydrogen) atoms. The van der Waals surface area contributed by atoms with Gasteiger partial charge in [0.15, 0.2) is 0 Å². The number of carbonyl (C=O) groups excluding carboxylic acids is 1. The van der Waals surface area contributed by atoms with Crippen molar-refractivity contribution in [3.05, 3.63) is 0 Å². The molecule has 0 aromatic heterocycles. The van der Waals surface area contributed by atoms with Crippen LogP contribution in [0.5, 0.6) is 0 Å². The molecule has 0 aromatic rings. The van der Waals surface area contributed by atoms with E-state index >= 15 is 0 Å². The average molecular weight is 206 g/mol. The highest BCUT2D eigenvalue weighted by Crippen LogP contribution is 2.03. The summed E-state index contributed by atoms with van der Waals surface area (Å²) in [5.41, 5.74) is 5.28. The lowest BCUT2D eigenvalue weighted by Crippen LogP contribution is -2.44. The highest BCUT2D eigenvalue weighted by atomic mass is 32.2. The van der Waals surface area contributed by atoms with Crippen LogP contribution >= 0.6 is 11.8 Å². The molecule has 0 heterocycles. The average Bonchev–Trinajstić information content (AvgIpc) is 1.95.